The van der Waals surface area contributed by atoms with E-state index in [1.165, 1.54) is 7.11 Å². The molecule has 0 aromatic heterocycles. The molecule has 1 aromatic rings. The van der Waals surface area contributed by atoms with E-state index in [0.717, 1.165) is 5.56 Å². The van der Waals surface area contributed by atoms with E-state index in [1.807, 2.05) is 6.07 Å². The van der Waals surface area contributed by atoms with Crippen molar-refractivity contribution in [2.45, 2.75) is 12.8 Å². The van der Waals surface area contributed by atoms with E-state index in [4.69, 9.17) is 5.11 Å². The molecule has 4 nitrogen and oxygen atoms in total. The highest BCUT2D eigenvalue weighted by molar-refractivity contribution is 5.69. The minimum Gasteiger partial charge on any atom is -0.508 e. The second kappa shape index (κ2) is 8.73. The Bertz CT molecular complexity index is 310. The van der Waals surface area contributed by atoms with Crippen LogP contribution in [0.4, 0.5) is 0 Å². The van der Waals surface area contributed by atoms with Gasteiger partial charge < -0.3 is 14.6 Å². The first kappa shape index (κ1) is 14.5. The molecule has 0 aliphatic carbocycles. The fourth-order valence-electron chi connectivity index (χ4n) is 1.06. The fraction of sp³-hybridized carbons (Fsp3) is 0.417. The number of hydrogen-bond donors (Lipinski definition) is 1. The Labute approximate surface area is 95.8 Å². The summed E-state index contributed by atoms with van der Waals surface area (Å²) in [6.45, 7) is 0. The number of methoxy groups -OCH3 is 2. The molecule has 1 N–H and O–H groups in total. The van der Waals surface area contributed by atoms with Gasteiger partial charge in [-0.1, -0.05) is 12.1 Å². The molecule has 90 valence electrons. The van der Waals surface area contributed by atoms with E-state index in [2.05, 4.69) is 9.47 Å². The van der Waals surface area contributed by atoms with Crippen molar-refractivity contribution in [2.75, 3.05) is 21.3 Å². The first-order valence-corrected chi connectivity index (χ1v) is 4.89. The van der Waals surface area contributed by atoms with Gasteiger partial charge in [0.2, 0.25) is 0 Å². The summed E-state index contributed by atoms with van der Waals surface area (Å²) in [5.41, 5.74) is 0.936. The summed E-state index contributed by atoms with van der Waals surface area (Å²) in [5, 5.41) is 9.12. The highest BCUT2D eigenvalue weighted by Gasteiger charge is 2.01. The molecule has 0 aliphatic rings. The molecule has 0 atom stereocenters. The lowest BCUT2D eigenvalue weighted by Gasteiger charge is -2.00. The molecular formula is C12H18O4. The van der Waals surface area contributed by atoms with Gasteiger partial charge in [0.25, 0.3) is 0 Å². The Morgan fingerprint density at radius 2 is 1.94 bits per heavy atom. The normalized spacial score (nSPS) is 8.94. The largest absolute Gasteiger partial charge is 0.508 e. The van der Waals surface area contributed by atoms with E-state index in [9.17, 15) is 4.79 Å². The number of aryl methyl sites for hydroxylation is 1. The Hall–Kier alpha value is -1.55. The second-order valence-corrected chi connectivity index (χ2v) is 3.15. The lowest BCUT2D eigenvalue weighted by molar-refractivity contribution is -0.140. The molecule has 4 heteroatoms. The summed E-state index contributed by atoms with van der Waals surface area (Å²) < 4.78 is 8.75. The fourth-order valence-corrected chi connectivity index (χ4v) is 1.06. The zero-order valence-electron chi connectivity index (χ0n) is 9.90. The summed E-state index contributed by atoms with van der Waals surface area (Å²) in [6, 6.07) is 6.86. The molecule has 0 amide bonds. The lowest BCUT2D eigenvalue weighted by atomic mass is 10.1. The van der Waals surface area contributed by atoms with Crippen molar-refractivity contribution in [1.82, 2.24) is 0 Å². The van der Waals surface area contributed by atoms with Gasteiger partial charge in [-0.25, -0.2) is 0 Å². The number of esters is 1. The number of phenolic OH excluding ortho intramolecular Hbond substituents is 1. The molecule has 0 radical (unpaired) electrons. The number of carbonyl (C=O) groups is 1. The number of phenols is 1. The third kappa shape index (κ3) is 6.84. The van der Waals surface area contributed by atoms with Crippen molar-refractivity contribution in [1.29, 1.82) is 0 Å². The van der Waals surface area contributed by atoms with Gasteiger partial charge in [0, 0.05) is 20.6 Å². The van der Waals surface area contributed by atoms with Crippen LogP contribution < -0.4 is 0 Å². The minimum absolute atomic E-state index is 0.224. The molecule has 0 saturated carbocycles. The van der Waals surface area contributed by atoms with Crippen LogP contribution in [-0.2, 0) is 20.7 Å². The summed E-state index contributed by atoms with van der Waals surface area (Å²) in [7, 11) is 4.62. The van der Waals surface area contributed by atoms with Crippen LogP contribution in [0.2, 0.25) is 0 Å². The summed E-state index contributed by atoms with van der Waals surface area (Å²) in [6.07, 6.45) is 0.945. The van der Waals surface area contributed by atoms with Crippen LogP contribution in [0.3, 0.4) is 0 Å². The molecule has 1 aromatic carbocycles. The monoisotopic (exact) mass is 226 g/mol. The van der Waals surface area contributed by atoms with Crippen molar-refractivity contribution in [3.8, 4) is 5.75 Å². The maximum atomic E-state index is 10.8. The quantitative estimate of drug-likeness (QED) is 0.798. The van der Waals surface area contributed by atoms with E-state index in [1.54, 1.807) is 32.4 Å². The molecule has 0 spiro atoms. The Kier molecular flexibility index (Phi) is 7.89. The first-order valence-electron chi connectivity index (χ1n) is 4.89. The van der Waals surface area contributed by atoms with E-state index in [0.29, 0.717) is 12.8 Å². The maximum absolute atomic E-state index is 10.8. The topological polar surface area (TPSA) is 55.8 Å². The van der Waals surface area contributed by atoms with Crippen LogP contribution in [0.5, 0.6) is 5.75 Å². The average Bonchev–Trinajstić information content (AvgIpc) is 2.27. The Balaban J connectivity index is 0.000000673. The third-order valence-electron chi connectivity index (χ3n) is 1.76. The van der Waals surface area contributed by atoms with Crippen LogP contribution in [-0.4, -0.2) is 32.4 Å². The third-order valence-corrected chi connectivity index (χ3v) is 1.76. The van der Waals surface area contributed by atoms with Gasteiger partial charge in [0.15, 0.2) is 0 Å². The zero-order chi connectivity index (χ0) is 12.4. The zero-order valence-corrected chi connectivity index (χ0v) is 9.90. The summed E-state index contributed by atoms with van der Waals surface area (Å²) in [5.74, 6) is -0.00860. The number of aromatic hydroxyl groups is 1. The molecule has 0 aliphatic heterocycles. The van der Waals surface area contributed by atoms with Gasteiger partial charge in [-0.2, -0.15) is 0 Å². The summed E-state index contributed by atoms with van der Waals surface area (Å²) >= 11 is 0. The van der Waals surface area contributed by atoms with Crippen LogP contribution in [0, 0.1) is 0 Å². The van der Waals surface area contributed by atoms with Crippen molar-refractivity contribution >= 4 is 5.97 Å². The number of ether oxygens (including phenoxy) is 2. The van der Waals surface area contributed by atoms with Gasteiger partial charge in [-0.05, 0) is 24.1 Å². The predicted octanol–water partition coefficient (Wildman–Crippen LogP) is 1.76. The lowest BCUT2D eigenvalue weighted by Crippen LogP contribution is -2.01. The highest BCUT2D eigenvalue weighted by atomic mass is 16.5. The SMILES string of the molecule is COC.COC(=O)CCc1cccc(O)c1. The average molecular weight is 226 g/mol. The van der Waals surface area contributed by atoms with Gasteiger partial charge in [0.1, 0.15) is 5.75 Å². The standard InChI is InChI=1S/C10H12O3.C2H6O/c1-13-10(12)6-5-8-3-2-4-9(11)7-8;1-3-2/h2-4,7,11H,5-6H2,1H3;1-2H3. The number of benzene rings is 1. The maximum Gasteiger partial charge on any atom is 0.305 e. The molecule has 0 fully saturated rings. The van der Waals surface area contributed by atoms with Crippen molar-refractivity contribution in [3.05, 3.63) is 29.8 Å². The Morgan fingerprint density at radius 1 is 1.31 bits per heavy atom. The van der Waals surface area contributed by atoms with Gasteiger partial charge in [-0.15, -0.1) is 0 Å². The van der Waals surface area contributed by atoms with Crippen LogP contribution >= 0.6 is 0 Å². The number of rotatable bonds is 3. The molecule has 0 saturated heterocycles. The smallest absolute Gasteiger partial charge is 0.305 e. The second-order valence-electron chi connectivity index (χ2n) is 3.15. The Morgan fingerprint density at radius 3 is 2.44 bits per heavy atom. The molecule has 16 heavy (non-hydrogen) atoms. The molecular weight excluding hydrogens is 208 g/mol. The predicted molar refractivity (Wildman–Crippen MR) is 61.4 cm³/mol. The van der Waals surface area contributed by atoms with Gasteiger partial charge in [0.05, 0.1) is 7.11 Å². The van der Waals surface area contributed by atoms with E-state index < -0.39 is 0 Å². The van der Waals surface area contributed by atoms with Crippen LogP contribution in [0.25, 0.3) is 0 Å². The van der Waals surface area contributed by atoms with E-state index >= 15 is 0 Å². The minimum atomic E-state index is -0.233. The van der Waals surface area contributed by atoms with E-state index in [-0.39, 0.29) is 11.7 Å². The van der Waals surface area contributed by atoms with Crippen LogP contribution in [0.15, 0.2) is 24.3 Å². The molecule has 0 heterocycles. The summed E-state index contributed by atoms with van der Waals surface area (Å²) in [4.78, 5) is 10.8. The highest BCUT2D eigenvalue weighted by Crippen LogP contribution is 2.12. The van der Waals surface area contributed by atoms with Crippen molar-refractivity contribution in [2.24, 2.45) is 0 Å². The van der Waals surface area contributed by atoms with Crippen molar-refractivity contribution in [3.63, 3.8) is 0 Å². The van der Waals surface area contributed by atoms with Crippen molar-refractivity contribution < 1.29 is 19.4 Å². The number of hydrogen-bond acceptors (Lipinski definition) is 4. The van der Waals surface area contributed by atoms with Gasteiger partial charge in [-0.3, -0.25) is 4.79 Å². The van der Waals surface area contributed by atoms with Gasteiger partial charge >= 0.3 is 5.97 Å². The number of carbonyl (C=O) groups excluding carboxylic acids is 1. The van der Waals surface area contributed by atoms with Crippen LogP contribution in [0.1, 0.15) is 12.0 Å². The molecule has 1 rings (SSSR count). The first-order chi connectivity index (χ1) is 7.63. The molecule has 0 bridgehead atoms. The molecule has 0 unspecified atom stereocenters.